The molecule has 0 aromatic carbocycles. The molecule has 0 aliphatic carbocycles. The Morgan fingerprint density at radius 2 is 1.62 bits per heavy atom. The predicted molar refractivity (Wildman–Crippen MR) is 89.3 cm³/mol. The number of carbonyl (C=O) groups excluding carboxylic acids is 4. The summed E-state index contributed by atoms with van der Waals surface area (Å²) in [7, 11) is -11.1. The largest absolute Gasteiger partial charge is 0.451 e. The molecule has 2 amide bonds. The van der Waals surface area contributed by atoms with Crippen molar-refractivity contribution in [2.45, 2.75) is 24.9 Å². The normalized spacial score (nSPS) is 27.4. The van der Waals surface area contributed by atoms with Crippen molar-refractivity contribution >= 4 is 57.2 Å². The van der Waals surface area contributed by atoms with E-state index in [2.05, 4.69) is 40.0 Å². The number of nitrogens with one attached hydrogen (secondary N) is 2. The highest BCUT2D eigenvalue weighted by Gasteiger charge is 2.31. The van der Waals surface area contributed by atoms with Crippen molar-refractivity contribution in [2.75, 3.05) is 12.3 Å². The molecule has 2 atom stereocenters. The summed E-state index contributed by atoms with van der Waals surface area (Å²) in [4.78, 5) is 54.2. The first-order valence-electron chi connectivity index (χ1n) is 7.28. The van der Waals surface area contributed by atoms with E-state index < -0.39 is 69.6 Å². The summed E-state index contributed by atoms with van der Waals surface area (Å²) in [6.45, 7) is -0.930. The monoisotopic (exact) mass is 481 g/mol. The van der Waals surface area contributed by atoms with Gasteiger partial charge in [-0.1, -0.05) is 3.63 Å². The Kier molecular flexibility index (Phi) is 9.19. The maximum Gasteiger partial charge on any atom is 0.451 e. The van der Waals surface area contributed by atoms with Crippen LogP contribution in [0.3, 0.4) is 0 Å². The predicted octanol–water partition coefficient (Wildman–Crippen LogP) is -3.91. The van der Waals surface area contributed by atoms with Crippen molar-refractivity contribution in [3.63, 3.8) is 0 Å². The standard InChI is InChI=1S/C10H15N3O13S3/c11-5-1-2-7(14)13-6(4-27)9(16)12-3-8(15)22-24-28(18,19)26-29(20,21)25-23-10(5)17/h5-6,27H,1-4,11H2,(H,12,16)(H,13,14). The summed E-state index contributed by atoms with van der Waals surface area (Å²) >= 11 is 3.86. The zero-order valence-electron chi connectivity index (χ0n) is 14.1. The highest BCUT2D eigenvalue weighted by atomic mass is 32.3. The maximum atomic E-state index is 11.9. The van der Waals surface area contributed by atoms with Crippen molar-refractivity contribution in [1.82, 2.24) is 10.6 Å². The van der Waals surface area contributed by atoms with Crippen LogP contribution in [0, 0.1) is 0 Å². The molecule has 1 aliphatic rings. The van der Waals surface area contributed by atoms with Gasteiger partial charge in [-0.25, -0.2) is 9.59 Å². The third kappa shape index (κ3) is 9.34. The lowest BCUT2D eigenvalue weighted by atomic mass is 10.1. The van der Waals surface area contributed by atoms with Crippen LogP contribution >= 0.6 is 12.6 Å². The van der Waals surface area contributed by atoms with Gasteiger partial charge in [0.2, 0.25) is 11.8 Å². The molecule has 1 fully saturated rings. The van der Waals surface area contributed by atoms with Gasteiger partial charge in [-0.05, 0) is 15.1 Å². The molecule has 166 valence electrons. The van der Waals surface area contributed by atoms with Gasteiger partial charge in [0.1, 0.15) is 18.6 Å². The molecule has 4 N–H and O–H groups in total. The molecule has 19 heteroatoms. The van der Waals surface area contributed by atoms with Crippen LogP contribution in [0.1, 0.15) is 12.8 Å². The van der Waals surface area contributed by atoms with Gasteiger partial charge >= 0.3 is 32.7 Å². The van der Waals surface area contributed by atoms with E-state index in [9.17, 15) is 36.0 Å². The van der Waals surface area contributed by atoms with Gasteiger partial charge in [-0.2, -0.15) is 29.5 Å². The fourth-order valence-electron chi connectivity index (χ4n) is 1.52. The minimum atomic E-state index is -5.53. The average Bonchev–Trinajstić information content (AvgIpc) is 2.63. The van der Waals surface area contributed by atoms with Gasteiger partial charge in [0, 0.05) is 12.2 Å². The number of nitrogens with two attached hydrogens (primary N) is 1. The van der Waals surface area contributed by atoms with Crippen LogP contribution < -0.4 is 16.4 Å². The Balaban J connectivity index is 2.96. The lowest BCUT2D eigenvalue weighted by Crippen LogP contribution is -2.49. The number of rotatable bonds is 1. The Bertz CT molecular complexity index is 855. The Morgan fingerprint density at radius 1 is 1.03 bits per heavy atom. The highest BCUT2D eigenvalue weighted by Crippen LogP contribution is 2.08. The van der Waals surface area contributed by atoms with Crippen LogP contribution in [-0.4, -0.2) is 65.0 Å². The van der Waals surface area contributed by atoms with E-state index >= 15 is 0 Å². The number of hydrogen-bond acceptors (Lipinski definition) is 15. The minimum absolute atomic E-state index is 0.189. The van der Waals surface area contributed by atoms with Crippen LogP contribution in [-0.2, 0) is 62.0 Å². The van der Waals surface area contributed by atoms with E-state index in [1.54, 1.807) is 0 Å². The van der Waals surface area contributed by atoms with Crippen LogP contribution in [0.5, 0.6) is 0 Å². The number of hydrogen-bond donors (Lipinski definition) is 4. The molecule has 0 saturated carbocycles. The smallest absolute Gasteiger partial charge is 0.344 e. The lowest BCUT2D eigenvalue weighted by Gasteiger charge is -2.17. The Hall–Kier alpha value is -2.03. The molecule has 0 spiro atoms. The minimum Gasteiger partial charge on any atom is -0.344 e. The van der Waals surface area contributed by atoms with Gasteiger partial charge in [-0.3, -0.25) is 19.4 Å². The molecule has 29 heavy (non-hydrogen) atoms. The van der Waals surface area contributed by atoms with Gasteiger partial charge < -0.3 is 16.4 Å². The van der Waals surface area contributed by atoms with Crippen molar-refractivity contribution in [2.24, 2.45) is 5.73 Å². The quantitative estimate of drug-likeness (QED) is 0.207. The summed E-state index contributed by atoms with van der Waals surface area (Å²) < 4.78 is 55.6. The molecule has 1 rings (SSSR count). The van der Waals surface area contributed by atoms with Crippen molar-refractivity contribution in [3.8, 4) is 0 Å². The molecule has 1 heterocycles. The molecular weight excluding hydrogens is 466 g/mol. The second-order valence-electron chi connectivity index (χ2n) is 5.04. The van der Waals surface area contributed by atoms with Crippen molar-refractivity contribution in [1.29, 1.82) is 0 Å². The summed E-state index contributed by atoms with van der Waals surface area (Å²) in [6.07, 6.45) is -0.773. The molecular formula is C10H15N3O13S3. The number of thiol groups is 1. The van der Waals surface area contributed by atoms with Gasteiger partial charge in [0.15, 0.2) is 0 Å². The molecule has 0 aromatic rings. The summed E-state index contributed by atoms with van der Waals surface area (Å²) in [5, 5.41) is 4.22. The van der Waals surface area contributed by atoms with E-state index in [0.717, 1.165) is 0 Å². The summed E-state index contributed by atoms with van der Waals surface area (Å²) in [6, 6.07) is -2.77. The summed E-state index contributed by atoms with van der Waals surface area (Å²) in [5.74, 6) is -4.82. The van der Waals surface area contributed by atoms with Crippen LogP contribution in [0.4, 0.5) is 0 Å². The third-order valence-electron chi connectivity index (χ3n) is 2.80. The highest BCUT2D eigenvalue weighted by molar-refractivity contribution is 7.95. The average molecular weight is 481 g/mol. The molecule has 0 bridgehead atoms. The van der Waals surface area contributed by atoms with E-state index in [4.69, 9.17) is 5.73 Å². The second-order valence-corrected chi connectivity index (χ2v) is 7.86. The van der Waals surface area contributed by atoms with Crippen molar-refractivity contribution < 1.29 is 58.1 Å². The van der Waals surface area contributed by atoms with Crippen molar-refractivity contribution in [3.05, 3.63) is 0 Å². The molecule has 0 aromatic heterocycles. The first-order chi connectivity index (χ1) is 13.3. The van der Waals surface area contributed by atoms with Gasteiger partial charge in [0.05, 0.1) is 0 Å². The summed E-state index contributed by atoms with van der Waals surface area (Å²) in [5.41, 5.74) is 5.38. The van der Waals surface area contributed by atoms with E-state index in [1.165, 1.54) is 0 Å². The molecule has 2 unspecified atom stereocenters. The van der Waals surface area contributed by atoms with E-state index in [0.29, 0.717) is 0 Å². The topological polar surface area (TPSA) is 233 Å². The van der Waals surface area contributed by atoms with Gasteiger partial charge in [0.25, 0.3) is 0 Å². The second kappa shape index (κ2) is 10.7. The van der Waals surface area contributed by atoms with E-state index in [-0.39, 0.29) is 12.2 Å². The SMILES string of the molecule is NC1CCC(=O)NC(CS)C(=O)NCC(=O)OOS(=O)(=O)OS(=O)(=O)OOC1=O. The van der Waals surface area contributed by atoms with Gasteiger partial charge in [-0.15, -0.1) is 0 Å². The van der Waals surface area contributed by atoms with Crippen LogP contribution in [0.25, 0.3) is 0 Å². The lowest BCUT2D eigenvalue weighted by molar-refractivity contribution is -0.219. The molecule has 1 aliphatic heterocycles. The zero-order chi connectivity index (χ0) is 22.2. The first kappa shape index (κ1) is 25.0. The zero-order valence-corrected chi connectivity index (χ0v) is 16.7. The fraction of sp³-hybridized carbons (Fsp3) is 0.600. The Labute approximate surface area is 169 Å². The van der Waals surface area contributed by atoms with E-state index in [1.807, 2.05) is 5.32 Å². The third-order valence-corrected chi connectivity index (χ3v) is 4.97. The van der Waals surface area contributed by atoms with Crippen LogP contribution in [0.2, 0.25) is 0 Å². The fourth-order valence-corrected chi connectivity index (χ4v) is 3.08. The number of carbonyl (C=O) groups is 4. The maximum absolute atomic E-state index is 11.9. The first-order valence-corrected chi connectivity index (χ1v) is 10.6. The number of amides is 2. The Morgan fingerprint density at radius 3 is 2.21 bits per heavy atom. The molecule has 16 nitrogen and oxygen atoms in total. The van der Waals surface area contributed by atoms with Crippen LogP contribution in [0.15, 0.2) is 0 Å². The molecule has 0 radical (unpaired) electrons. The molecule has 1 saturated heterocycles.